The lowest BCUT2D eigenvalue weighted by Gasteiger charge is -2.00. The molecule has 2 aromatic rings. The van der Waals surface area contributed by atoms with Crippen molar-refractivity contribution in [3.8, 4) is 11.5 Å². The van der Waals surface area contributed by atoms with Crippen molar-refractivity contribution in [3.05, 3.63) is 23.9 Å². The number of carboxylic acid groups (broad SMARTS) is 1. The minimum absolute atomic E-state index is 0.343. The van der Waals surface area contributed by atoms with Gasteiger partial charge in [-0.15, -0.1) is 0 Å². The van der Waals surface area contributed by atoms with Crippen LogP contribution in [0.15, 0.2) is 12.4 Å². The molecule has 3 rings (SSSR count). The summed E-state index contributed by atoms with van der Waals surface area (Å²) in [5, 5.41) is 8.93. The lowest BCUT2D eigenvalue weighted by molar-refractivity contribution is -0.141. The number of aliphatic carboxylic acids is 1. The van der Waals surface area contributed by atoms with Crippen LogP contribution in [0.4, 0.5) is 0 Å². The van der Waals surface area contributed by atoms with Crippen molar-refractivity contribution in [2.75, 3.05) is 0 Å². The smallest absolute Gasteiger partial charge is 0.308 e. The topological polar surface area (TPSA) is 83.8 Å². The molecule has 0 bridgehead atoms. The van der Waals surface area contributed by atoms with Crippen molar-refractivity contribution in [3.63, 3.8) is 0 Å². The number of fused-ring (bicyclic) bond motifs is 1. The van der Waals surface area contributed by atoms with Crippen molar-refractivity contribution in [1.29, 1.82) is 0 Å². The summed E-state index contributed by atoms with van der Waals surface area (Å²) in [6, 6.07) is 0. The van der Waals surface area contributed by atoms with Crippen LogP contribution in [0.1, 0.15) is 11.5 Å². The van der Waals surface area contributed by atoms with E-state index in [0.717, 1.165) is 23.0 Å². The fourth-order valence-electron chi connectivity index (χ4n) is 2.12. The van der Waals surface area contributed by atoms with Crippen LogP contribution < -0.4 is 0 Å². The van der Waals surface area contributed by atoms with E-state index in [9.17, 15) is 4.79 Å². The number of hydrogen-bond donors (Lipinski definition) is 2. The summed E-state index contributed by atoms with van der Waals surface area (Å²) in [7, 11) is 0. The second-order valence-electron chi connectivity index (χ2n) is 4.35. The number of rotatable bonds is 2. The first-order valence-corrected chi connectivity index (χ1v) is 5.44. The monoisotopic (exact) mass is 232 g/mol. The van der Waals surface area contributed by atoms with Crippen LogP contribution in [-0.4, -0.2) is 30.6 Å². The average Bonchev–Trinajstić information content (AvgIpc) is 2.88. The Labute approximate surface area is 97.3 Å². The highest BCUT2D eigenvalue weighted by atomic mass is 16.4. The third-order valence-electron chi connectivity index (χ3n) is 3.00. The number of carboxylic acids is 1. The van der Waals surface area contributed by atoms with Gasteiger partial charge in [0.15, 0.2) is 5.82 Å². The predicted molar refractivity (Wildman–Crippen MR) is 59.4 cm³/mol. The molecule has 0 spiro atoms. The van der Waals surface area contributed by atoms with Gasteiger partial charge in [-0.2, -0.15) is 0 Å². The van der Waals surface area contributed by atoms with Gasteiger partial charge in [0.05, 0.1) is 5.92 Å². The molecule has 3 heterocycles. The van der Waals surface area contributed by atoms with E-state index < -0.39 is 5.97 Å². The Kier molecular flexibility index (Phi) is 2.04. The molecule has 2 aromatic heterocycles. The highest BCUT2D eigenvalue weighted by Gasteiger charge is 2.29. The molecule has 0 saturated heterocycles. The number of imidazole rings is 2. The molecule has 6 nitrogen and oxygen atoms in total. The minimum Gasteiger partial charge on any atom is -0.481 e. The summed E-state index contributed by atoms with van der Waals surface area (Å²) in [6.45, 7) is 2.43. The first-order chi connectivity index (χ1) is 8.13. The highest BCUT2D eigenvalue weighted by Crippen LogP contribution is 2.24. The number of aromatic nitrogens is 4. The SMILES string of the molecule is Cc1cnc(-c2cn3c(n2)CC(C(=O)O)C3)[nH]1. The Morgan fingerprint density at radius 1 is 1.65 bits per heavy atom. The number of nitrogens with zero attached hydrogens (tertiary/aromatic N) is 3. The first kappa shape index (κ1) is 10.1. The van der Waals surface area contributed by atoms with Crippen LogP contribution in [0.2, 0.25) is 0 Å². The predicted octanol–water partition coefficient (Wildman–Crippen LogP) is 0.839. The van der Waals surface area contributed by atoms with Gasteiger partial charge in [-0.05, 0) is 6.92 Å². The van der Waals surface area contributed by atoms with Gasteiger partial charge in [-0.3, -0.25) is 4.79 Å². The lowest BCUT2D eigenvalue weighted by Crippen LogP contribution is -2.14. The van der Waals surface area contributed by atoms with Gasteiger partial charge in [0.1, 0.15) is 11.5 Å². The molecule has 1 aliphatic heterocycles. The van der Waals surface area contributed by atoms with E-state index in [1.165, 1.54) is 0 Å². The standard InChI is InChI=1S/C11H12N4O2/c1-6-3-12-10(13-6)8-5-15-4-7(11(16)17)2-9(15)14-8/h3,5,7H,2,4H2,1H3,(H,12,13)(H,16,17). The van der Waals surface area contributed by atoms with Crippen molar-refractivity contribution >= 4 is 5.97 Å². The summed E-state index contributed by atoms with van der Waals surface area (Å²) in [5.74, 6) is 0.452. The summed E-state index contributed by atoms with van der Waals surface area (Å²) in [4.78, 5) is 22.6. The zero-order valence-corrected chi connectivity index (χ0v) is 9.34. The van der Waals surface area contributed by atoms with E-state index in [4.69, 9.17) is 5.11 Å². The molecular formula is C11H12N4O2. The number of hydrogen-bond acceptors (Lipinski definition) is 3. The van der Waals surface area contributed by atoms with Crippen molar-refractivity contribution < 1.29 is 9.90 Å². The number of H-pyrrole nitrogens is 1. The van der Waals surface area contributed by atoms with Crippen molar-refractivity contribution in [2.45, 2.75) is 19.9 Å². The quantitative estimate of drug-likeness (QED) is 0.803. The number of aromatic amines is 1. The largest absolute Gasteiger partial charge is 0.481 e. The maximum absolute atomic E-state index is 10.9. The van der Waals surface area contributed by atoms with Gasteiger partial charge in [0.2, 0.25) is 0 Å². The van der Waals surface area contributed by atoms with Crippen LogP contribution in [0.5, 0.6) is 0 Å². The highest BCUT2D eigenvalue weighted by molar-refractivity contribution is 5.71. The number of aryl methyl sites for hydroxylation is 1. The molecule has 0 radical (unpaired) electrons. The van der Waals surface area contributed by atoms with Crippen LogP contribution in [0.3, 0.4) is 0 Å². The van der Waals surface area contributed by atoms with Gasteiger partial charge >= 0.3 is 5.97 Å². The minimum atomic E-state index is -0.758. The zero-order chi connectivity index (χ0) is 12.0. The first-order valence-electron chi connectivity index (χ1n) is 5.44. The van der Waals surface area contributed by atoms with Gasteiger partial charge < -0.3 is 14.7 Å². The third-order valence-corrected chi connectivity index (χ3v) is 3.00. The molecule has 6 heteroatoms. The van der Waals surface area contributed by atoms with Crippen LogP contribution in [0.25, 0.3) is 11.5 Å². The van der Waals surface area contributed by atoms with E-state index in [-0.39, 0.29) is 5.92 Å². The maximum atomic E-state index is 10.9. The van der Waals surface area contributed by atoms with Crippen LogP contribution in [0, 0.1) is 12.8 Å². The Hall–Kier alpha value is -2.11. The normalized spacial score (nSPS) is 18.3. The molecule has 17 heavy (non-hydrogen) atoms. The molecular weight excluding hydrogens is 220 g/mol. The molecule has 2 N–H and O–H groups in total. The molecule has 0 aromatic carbocycles. The Bertz CT molecular complexity index is 561. The Morgan fingerprint density at radius 3 is 3.06 bits per heavy atom. The molecule has 0 amide bonds. The zero-order valence-electron chi connectivity index (χ0n) is 9.34. The lowest BCUT2D eigenvalue weighted by atomic mass is 10.1. The summed E-state index contributed by atoms with van der Waals surface area (Å²) in [5.41, 5.74) is 1.76. The molecule has 0 fully saturated rings. The van der Waals surface area contributed by atoms with Gasteiger partial charge in [-0.1, -0.05) is 0 Å². The second kappa shape index (κ2) is 3.44. The van der Waals surface area contributed by atoms with Gasteiger partial charge in [-0.25, -0.2) is 9.97 Å². The number of nitrogens with one attached hydrogen (secondary N) is 1. The van der Waals surface area contributed by atoms with E-state index in [1.54, 1.807) is 6.20 Å². The molecule has 1 aliphatic rings. The molecule has 1 unspecified atom stereocenters. The Balaban J connectivity index is 1.89. The fraction of sp³-hybridized carbons (Fsp3) is 0.364. The average molecular weight is 232 g/mol. The number of carbonyl (C=O) groups is 1. The molecule has 88 valence electrons. The summed E-state index contributed by atoms with van der Waals surface area (Å²) >= 11 is 0. The van der Waals surface area contributed by atoms with Crippen molar-refractivity contribution in [1.82, 2.24) is 19.5 Å². The summed E-state index contributed by atoms with van der Waals surface area (Å²) in [6.07, 6.45) is 4.10. The Morgan fingerprint density at radius 2 is 2.47 bits per heavy atom. The van der Waals surface area contributed by atoms with E-state index in [1.807, 2.05) is 17.7 Å². The molecule has 1 atom stereocenters. The van der Waals surface area contributed by atoms with E-state index in [0.29, 0.717) is 13.0 Å². The fourth-order valence-corrected chi connectivity index (χ4v) is 2.12. The maximum Gasteiger partial charge on any atom is 0.308 e. The van der Waals surface area contributed by atoms with E-state index >= 15 is 0 Å². The van der Waals surface area contributed by atoms with Gasteiger partial charge in [0, 0.05) is 31.1 Å². The second-order valence-corrected chi connectivity index (χ2v) is 4.35. The third kappa shape index (κ3) is 1.61. The van der Waals surface area contributed by atoms with Crippen LogP contribution >= 0.6 is 0 Å². The molecule has 0 aliphatic carbocycles. The summed E-state index contributed by atoms with van der Waals surface area (Å²) < 4.78 is 1.89. The van der Waals surface area contributed by atoms with E-state index in [2.05, 4.69) is 15.0 Å². The van der Waals surface area contributed by atoms with Crippen molar-refractivity contribution in [2.24, 2.45) is 5.92 Å². The molecule has 0 saturated carbocycles. The van der Waals surface area contributed by atoms with Gasteiger partial charge in [0.25, 0.3) is 0 Å². The van der Waals surface area contributed by atoms with Crippen LogP contribution in [-0.2, 0) is 17.8 Å².